The topological polar surface area (TPSA) is 62.7 Å². The number of carbonyl (C=O) groups excluding carboxylic acids is 1. The number of likely N-dealkylation sites (tertiary alicyclic amines) is 1. The number of aliphatic hydroxyl groups is 1. The number of carbonyl (C=O) groups is 1. The lowest BCUT2D eigenvalue weighted by Gasteiger charge is -2.27. The van der Waals surface area contributed by atoms with Gasteiger partial charge in [-0.05, 0) is 43.7 Å². The van der Waals surface area contributed by atoms with Gasteiger partial charge in [0, 0.05) is 43.8 Å². The molecule has 0 saturated carbocycles. The summed E-state index contributed by atoms with van der Waals surface area (Å²) in [6, 6.07) is 4.04. The van der Waals surface area contributed by atoms with Gasteiger partial charge >= 0.3 is 0 Å². The highest BCUT2D eigenvalue weighted by molar-refractivity contribution is 5.76. The van der Waals surface area contributed by atoms with Gasteiger partial charge in [-0.1, -0.05) is 6.07 Å². The molecule has 3 fully saturated rings. The number of aromatic nitrogens is 1. The third-order valence-corrected chi connectivity index (χ3v) is 6.18. The van der Waals surface area contributed by atoms with Crippen LogP contribution in [0.25, 0.3) is 0 Å². The largest absolute Gasteiger partial charge is 0.396 e. The second-order valence-corrected chi connectivity index (χ2v) is 7.56. The molecular weight excluding hydrogens is 304 g/mol. The molecule has 5 nitrogen and oxygen atoms in total. The summed E-state index contributed by atoms with van der Waals surface area (Å²) in [7, 11) is 0. The lowest BCUT2D eigenvalue weighted by molar-refractivity contribution is -0.131. The third kappa shape index (κ3) is 2.74. The van der Waals surface area contributed by atoms with Crippen LogP contribution in [0.15, 0.2) is 24.5 Å². The Labute approximate surface area is 143 Å². The van der Waals surface area contributed by atoms with E-state index in [1.807, 2.05) is 17.2 Å². The first kappa shape index (κ1) is 16.0. The van der Waals surface area contributed by atoms with E-state index in [2.05, 4.69) is 11.1 Å². The minimum absolute atomic E-state index is 0.149. The normalized spacial score (nSPS) is 33.9. The molecule has 0 radical (unpaired) electrons. The zero-order valence-electron chi connectivity index (χ0n) is 14.1. The van der Waals surface area contributed by atoms with Gasteiger partial charge in [0.05, 0.1) is 18.2 Å². The summed E-state index contributed by atoms with van der Waals surface area (Å²) in [4.78, 5) is 18.7. The second-order valence-electron chi connectivity index (χ2n) is 7.56. The highest BCUT2D eigenvalue weighted by Crippen LogP contribution is 2.54. The predicted octanol–water partition coefficient (Wildman–Crippen LogP) is 1.79. The number of nitrogens with zero attached hydrogens (tertiary/aromatic N) is 2. The molecule has 1 spiro atoms. The van der Waals surface area contributed by atoms with Crippen LogP contribution < -0.4 is 0 Å². The van der Waals surface area contributed by atoms with Gasteiger partial charge in [-0.2, -0.15) is 0 Å². The van der Waals surface area contributed by atoms with Crippen molar-refractivity contribution >= 4 is 5.91 Å². The Morgan fingerprint density at radius 2 is 2.38 bits per heavy atom. The number of unbranched alkanes of at least 4 members (excludes halogenated alkanes) is 1. The Morgan fingerprint density at radius 3 is 3.17 bits per heavy atom. The van der Waals surface area contributed by atoms with E-state index in [0.717, 1.165) is 45.2 Å². The highest BCUT2D eigenvalue weighted by atomic mass is 16.5. The standard InChI is InChI=1S/C19H26N2O3/c22-12-15-16-11-21(13-19(16)8-7-17(15)24-19)18(23)6-2-1-4-14-5-3-9-20-10-14/h3,5,9-10,15-17,22H,1-2,4,6-8,11-13H2/t15-,16+,17+,19+/m1/s1. The van der Waals surface area contributed by atoms with Crippen LogP contribution in [0.1, 0.15) is 37.7 Å². The van der Waals surface area contributed by atoms with Crippen molar-refractivity contribution in [2.45, 2.75) is 50.2 Å². The summed E-state index contributed by atoms with van der Waals surface area (Å²) in [5.41, 5.74) is 1.08. The number of ether oxygens (including phenoxy) is 1. The molecule has 1 aromatic rings. The maximum atomic E-state index is 12.6. The number of hydrogen-bond acceptors (Lipinski definition) is 4. The van der Waals surface area contributed by atoms with Gasteiger partial charge in [-0.15, -0.1) is 0 Å². The van der Waals surface area contributed by atoms with Gasteiger partial charge < -0.3 is 14.7 Å². The van der Waals surface area contributed by atoms with Crippen LogP contribution in [-0.2, 0) is 16.0 Å². The fraction of sp³-hybridized carbons (Fsp3) is 0.684. The van der Waals surface area contributed by atoms with Crippen LogP contribution in [0.3, 0.4) is 0 Å². The fourth-order valence-corrected chi connectivity index (χ4v) is 4.93. The van der Waals surface area contributed by atoms with Crippen molar-refractivity contribution in [1.82, 2.24) is 9.88 Å². The smallest absolute Gasteiger partial charge is 0.222 e. The van der Waals surface area contributed by atoms with Gasteiger partial charge in [0.2, 0.25) is 5.91 Å². The van der Waals surface area contributed by atoms with Gasteiger partial charge in [-0.25, -0.2) is 0 Å². The minimum Gasteiger partial charge on any atom is -0.396 e. The molecule has 0 aromatic carbocycles. The quantitative estimate of drug-likeness (QED) is 0.808. The summed E-state index contributed by atoms with van der Waals surface area (Å²) in [5.74, 6) is 0.802. The number of rotatable bonds is 6. The van der Waals surface area contributed by atoms with Crippen LogP contribution in [0.4, 0.5) is 0 Å². The first-order valence-corrected chi connectivity index (χ1v) is 9.17. The summed E-state index contributed by atoms with van der Waals surface area (Å²) >= 11 is 0. The second kappa shape index (κ2) is 6.45. The van der Waals surface area contributed by atoms with Gasteiger partial charge in [0.15, 0.2) is 0 Å². The predicted molar refractivity (Wildman–Crippen MR) is 89.3 cm³/mol. The molecule has 4 atom stereocenters. The fourth-order valence-electron chi connectivity index (χ4n) is 4.93. The van der Waals surface area contributed by atoms with Crippen molar-refractivity contribution < 1.29 is 14.6 Å². The summed E-state index contributed by atoms with van der Waals surface area (Å²) in [6.45, 7) is 1.68. The molecule has 0 unspecified atom stereocenters. The molecule has 1 N–H and O–H groups in total. The van der Waals surface area contributed by atoms with E-state index >= 15 is 0 Å². The van der Waals surface area contributed by atoms with E-state index in [0.29, 0.717) is 12.3 Å². The number of aliphatic hydroxyl groups excluding tert-OH is 1. The molecule has 3 aliphatic heterocycles. The number of amides is 1. The van der Waals surface area contributed by atoms with Gasteiger partial charge in [-0.3, -0.25) is 9.78 Å². The molecule has 5 heteroatoms. The Kier molecular flexibility index (Phi) is 4.31. The third-order valence-electron chi connectivity index (χ3n) is 6.18. The van der Waals surface area contributed by atoms with Gasteiger partial charge in [0.1, 0.15) is 0 Å². The summed E-state index contributed by atoms with van der Waals surface area (Å²) in [6.07, 6.45) is 9.49. The molecule has 2 bridgehead atoms. The maximum absolute atomic E-state index is 12.6. The molecule has 24 heavy (non-hydrogen) atoms. The monoisotopic (exact) mass is 330 g/mol. The van der Waals surface area contributed by atoms with Gasteiger partial charge in [0.25, 0.3) is 0 Å². The van der Waals surface area contributed by atoms with Crippen LogP contribution in [-0.4, -0.2) is 52.3 Å². The van der Waals surface area contributed by atoms with Crippen molar-refractivity contribution in [3.8, 4) is 0 Å². The van der Waals surface area contributed by atoms with E-state index in [9.17, 15) is 9.90 Å². The summed E-state index contributed by atoms with van der Waals surface area (Å²) in [5, 5.41) is 9.65. The molecule has 130 valence electrons. The first-order chi connectivity index (χ1) is 11.7. The Hall–Kier alpha value is -1.46. The Balaban J connectivity index is 1.26. The van der Waals surface area contributed by atoms with Crippen LogP contribution in [0.2, 0.25) is 0 Å². The van der Waals surface area contributed by atoms with E-state index in [4.69, 9.17) is 4.74 Å². The molecule has 3 saturated heterocycles. The van der Waals surface area contributed by atoms with Crippen LogP contribution >= 0.6 is 0 Å². The first-order valence-electron chi connectivity index (χ1n) is 9.17. The molecule has 0 aliphatic carbocycles. The number of fused-ring (bicyclic) bond motifs is 1. The molecule has 1 aromatic heterocycles. The van der Waals surface area contributed by atoms with E-state index in [-0.39, 0.29) is 30.1 Å². The van der Waals surface area contributed by atoms with Crippen molar-refractivity contribution in [1.29, 1.82) is 0 Å². The van der Waals surface area contributed by atoms with E-state index in [1.165, 1.54) is 5.56 Å². The van der Waals surface area contributed by atoms with Crippen LogP contribution in [0, 0.1) is 11.8 Å². The molecule has 4 heterocycles. The lowest BCUT2D eigenvalue weighted by Crippen LogP contribution is -2.38. The average Bonchev–Trinajstić information content (AvgIpc) is 3.27. The van der Waals surface area contributed by atoms with E-state index < -0.39 is 0 Å². The SMILES string of the molecule is O=C(CCCCc1cccnc1)N1C[C@H]2[C@@H](CO)[C@@H]3CC[C@@]2(C1)O3. The van der Waals surface area contributed by atoms with Crippen molar-refractivity contribution in [2.75, 3.05) is 19.7 Å². The Bertz CT molecular complexity index is 594. The molecule has 4 rings (SSSR count). The molecule has 1 amide bonds. The number of aryl methyl sites for hydroxylation is 1. The van der Waals surface area contributed by atoms with Crippen molar-refractivity contribution in [3.63, 3.8) is 0 Å². The minimum atomic E-state index is -0.149. The maximum Gasteiger partial charge on any atom is 0.222 e. The van der Waals surface area contributed by atoms with Crippen LogP contribution in [0.5, 0.6) is 0 Å². The van der Waals surface area contributed by atoms with E-state index in [1.54, 1.807) is 6.20 Å². The highest BCUT2D eigenvalue weighted by Gasteiger charge is 2.63. The molecular formula is C19H26N2O3. The lowest BCUT2D eigenvalue weighted by atomic mass is 9.74. The zero-order valence-corrected chi connectivity index (χ0v) is 14.1. The molecule has 3 aliphatic rings. The Morgan fingerprint density at radius 1 is 1.46 bits per heavy atom. The number of pyridine rings is 1. The average molecular weight is 330 g/mol. The van der Waals surface area contributed by atoms with Crippen molar-refractivity contribution in [2.24, 2.45) is 11.8 Å². The summed E-state index contributed by atoms with van der Waals surface area (Å²) < 4.78 is 6.19. The number of hydrogen-bond donors (Lipinski definition) is 1. The van der Waals surface area contributed by atoms with Crippen molar-refractivity contribution in [3.05, 3.63) is 30.1 Å². The zero-order chi connectivity index (χ0) is 16.6.